The van der Waals surface area contributed by atoms with Crippen LogP contribution in [0.4, 0.5) is 0 Å². The number of aliphatic hydroxyl groups excluding tert-OH is 1. The van der Waals surface area contributed by atoms with E-state index in [-0.39, 0.29) is 12.3 Å². The van der Waals surface area contributed by atoms with Crippen LogP contribution in [0, 0.1) is 0 Å². The van der Waals surface area contributed by atoms with Gasteiger partial charge in [0.15, 0.2) is 0 Å². The molecule has 0 unspecified atom stereocenters. The molecule has 0 radical (unpaired) electrons. The Morgan fingerprint density at radius 2 is 2.04 bits per heavy atom. The first kappa shape index (κ1) is 18.4. The molecule has 1 heterocycles. The van der Waals surface area contributed by atoms with Gasteiger partial charge in [-0.25, -0.2) is 13.1 Å². The monoisotopic (exact) mass is 340 g/mol. The first-order valence-corrected chi connectivity index (χ1v) is 10.1. The van der Waals surface area contributed by atoms with E-state index in [2.05, 4.69) is 16.5 Å². The lowest BCUT2D eigenvalue weighted by molar-refractivity contribution is 0.0683. The van der Waals surface area contributed by atoms with Crippen molar-refractivity contribution in [3.8, 4) is 0 Å². The summed E-state index contributed by atoms with van der Waals surface area (Å²) in [6.45, 7) is 3.76. The van der Waals surface area contributed by atoms with Crippen molar-refractivity contribution in [2.75, 3.05) is 19.6 Å². The molecule has 6 heteroatoms. The molecular weight excluding hydrogens is 312 g/mol. The minimum absolute atomic E-state index is 0.0537. The molecule has 1 aromatic carbocycles. The highest BCUT2D eigenvalue weighted by Crippen LogP contribution is 2.19. The van der Waals surface area contributed by atoms with Crippen molar-refractivity contribution in [3.05, 3.63) is 35.9 Å². The van der Waals surface area contributed by atoms with Crippen LogP contribution in [0.25, 0.3) is 0 Å². The summed E-state index contributed by atoms with van der Waals surface area (Å²) in [6, 6.07) is 9.59. The summed E-state index contributed by atoms with van der Waals surface area (Å²) in [5.41, 5.74) is 0.747. The van der Waals surface area contributed by atoms with Crippen molar-refractivity contribution in [1.82, 2.24) is 9.62 Å². The van der Waals surface area contributed by atoms with Crippen LogP contribution in [0.5, 0.6) is 0 Å². The summed E-state index contributed by atoms with van der Waals surface area (Å²) in [4.78, 5) is 2.29. The molecule has 1 aliphatic heterocycles. The second-order valence-electron chi connectivity index (χ2n) is 6.30. The van der Waals surface area contributed by atoms with Crippen LogP contribution >= 0.6 is 0 Å². The Labute approximate surface area is 139 Å². The highest BCUT2D eigenvalue weighted by molar-refractivity contribution is 7.88. The third kappa shape index (κ3) is 6.22. The van der Waals surface area contributed by atoms with Gasteiger partial charge in [-0.05, 0) is 31.4 Å². The highest BCUT2D eigenvalue weighted by atomic mass is 32.2. The number of β-amino-alcohol motifs (C(OH)–C–C–N with tert-alkyl or cyclic N) is 1. The van der Waals surface area contributed by atoms with Gasteiger partial charge in [-0.15, -0.1) is 0 Å². The summed E-state index contributed by atoms with van der Waals surface area (Å²) in [5, 5.41) is 10.2. The zero-order valence-electron chi connectivity index (χ0n) is 13.8. The molecule has 0 amide bonds. The van der Waals surface area contributed by atoms with E-state index >= 15 is 0 Å². The third-order valence-electron chi connectivity index (χ3n) is 4.40. The Morgan fingerprint density at radius 1 is 1.30 bits per heavy atom. The average Bonchev–Trinajstić information content (AvgIpc) is 2.54. The fourth-order valence-electron chi connectivity index (χ4n) is 3.17. The number of likely N-dealkylation sites (tertiary alicyclic amines) is 1. The fraction of sp³-hybridized carbons (Fsp3) is 0.647. The fourth-order valence-corrected chi connectivity index (χ4v) is 4.35. The highest BCUT2D eigenvalue weighted by Gasteiger charge is 2.23. The molecule has 2 atom stereocenters. The third-order valence-corrected chi connectivity index (χ3v) is 5.72. The number of hydrogen-bond acceptors (Lipinski definition) is 4. The van der Waals surface area contributed by atoms with Gasteiger partial charge in [0.25, 0.3) is 0 Å². The van der Waals surface area contributed by atoms with Crippen molar-refractivity contribution in [1.29, 1.82) is 0 Å². The predicted molar refractivity (Wildman–Crippen MR) is 92.6 cm³/mol. The maximum Gasteiger partial charge on any atom is 0.215 e. The van der Waals surface area contributed by atoms with Crippen molar-refractivity contribution in [2.45, 2.75) is 50.5 Å². The molecule has 1 fully saturated rings. The van der Waals surface area contributed by atoms with E-state index in [1.54, 1.807) is 12.1 Å². The molecule has 1 aromatic rings. The lowest BCUT2D eigenvalue weighted by Gasteiger charge is -2.36. The molecule has 130 valence electrons. The van der Waals surface area contributed by atoms with Crippen LogP contribution < -0.4 is 4.72 Å². The van der Waals surface area contributed by atoms with Gasteiger partial charge in [0.1, 0.15) is 0 Å². The minimum atomic E-state index is -3.42. The van der Waals surface area contributed by atoms with Crippen molar-refractivity contribution < 1.29 is 13.5 Å². The number of aliphatic hydroxyl groups is 1. The standard InChI is InChI=1S/C17H28N2O3S/c1-2-16-10-6-7-11-19(16)13-17(20)12-18-23(21,22)14-15-8-4-3-5-9-15/h3-5,8-9,16-18,20H,2,6-7,10-14H2,1H3/t16-,17-/m0/s1. The van der Waals surface area contributed by atoms with Gasteiger partial charge in [0.2, 0.25) is 10.0 Å². The number of piperidine rings is 1. The lowest BCUT2D eigenvalue weighted by atomic mass is 9.99. The Morgan fingerprint density at radius 3 is 2.74 bits per heavy atom. The van der Waals surface area contributed by atoms with Crippen LogP contribution in [0.3, 0.4) is 0 Å². The molecule has 5 nitrogen and oxygen atoms in total. The van der Waals surface area contributed by atoms with Gasteiger partial charge in [0, 0.05) is 19.1 Å². The Bertz CT molecular complexity index is 562. The summed E-state index contributed by atoms with van der Waals surface area (Å²) in [7, 11) is -3.42. The van der Waals surface area contributed by atoms with E-state index in [0.717, 1.165) is 24.9 Å². The summed E-state index contributed by atoms with van der Waals surface area (Å²) < 4.78 is 26.7. The molecule has 0 bridgehead atoms. The summed E-state index contributed by atoms with van der Waals surface area (Å²) in [6.07, 6.45) is 3.97. The van der Waals surface area contributed by atoms with Gasteiger partial charge in [-0.1, -0.05) is 43.7 Å². The first-order chi connectivity index (χ1) is 11.0. The molecule has 0 aromatic heterocycles. The zero-order valence-corrected chi connectivity index (χ0v) is 14.6. The number of nitrogens with zero attached hydrogens (tertiary/aromatic N) is 1. The maximum absolute atomic E-state index is 12.1. The SMILES string of the molecule is CC[C@H]1CCCCN1C[C@@H](O)CNS(=O)(=O)Cc1ccccc1. The smallest absolute Gasteiger partial charge is 0.215 e. The molecular formula is C17H28N2O3S. The maximum atomic E-state index is 12.1. The van der Waals surface area contributed by atoms with Crippen LogP contribution in [-0.2, 0) is 15.8 Å². The number of hydrogen-bond donors (Lipinski definition) is 2. The zero-order chi connectivity index (χ0) is 16.7. The van der Waals surface area contributed by atoms with Gasteiger partial charge in [-0.2, -0.15) is 0 Å². The van der Waals surface area contributed by atoms with E-state index in [4.69, 9.17) is 0 Å². The van der Waals surface area contributed by atoms with Gasteiger partial charge in [0.05, 0.1) is 11.9 Å². The molecule has 2 rings (SSSR count). The summed E-state index contributed by atoms with van der Waals surface area (Å²) in [5.74, 6) is -0.0537. The van der Waals surface area contributed by atoms with E-state index < -0.39 is 16.1 Å². The topological polar surface area (TPSA) is 69.6 Å². The van der Waals surface area contributed by atoms with Gasteiger partial charge < -0.3 is 5.11 Å². The largest absolute Gasteiger partial charge is 0.390 e. The number of rotatable bonds is 8. The Balaban J connectivity index is 1.80. The molecule has 1 aliphatic rings. The van der Waals surface area contributed by atoms with E-state index in [9.17, 15) is 13.5 Å². The molecule has 1 saturated heterocycles. The Hall–Kier alpha value is -0.950. The van der Waals surface area contributed by atoms with Gasteiger partial charge >= 0.3 is 0 Å². The summed E-state index contributed by atoms with van der Waals surface area (Å²) >= 11 is 0. The van der Waals surface area contributed by atoms with E-state index in [1.165, 1.54) is 12.8 Å². The van der Waals surface area contributed by atoms with Gasteiger partial charge in [-0.3, -0.25) is 4.90 Å². The normalized spacial score (nSPS) is 21.2. The average molecular weight is 340 g/mol. The van der Waals surface area contributed by atoms with Crippen molar-refractivity contribution in [2.24, 2.45) is 0 Å². The molecule has 0 aliphatic carbocycles. The van der Waals surface area contributed by atoms with E-state index in [1.807, 2.05) is 18.2 Å². The quantitative estimate of drug-likeness (QED) is 0.756. The number of benzene rings is 1. The minimum Gasteiger partial charge on any atom is -0.390 e. The Kier molecular flexibility index (Phi) is 7.02. The number of sulfonamides is 1. The van der Waals surface area contributed by atoms with Crippen molar-refractivity contribution >= 4 is 10.0 Å². The molecule has 2 N–H and O–H groups in total. The van der Waals surface area contributed by atoms with Crippen LogP contribution in [0.15, 0.2) is 30.3 Å². The lowest BCUT2D eigenvalue weighted by Crippen LogP contribution is -2.46. The van der Waals surface area contributed by atoms with Crippen LogP contribution in [0.1, 0.15) is 38.2 Å². The van der Waals surface area contributed by atoms with Crippen LogP contribution in [0.2, 0.25) is 0 Å². The number of nitrogens with one attached hydrogen (secondary N) is 1. The molecule has 0 saturated carbocycles. The van der Waals surface area contributed by atoms with Crippen molar-refractivity contribution in [3.63, 3.8) is 0 Å². The van der Waals surface area contributed by atoms with E-state index in [0.29, 0.717) is 12.6 Å². The first-order valence-electron chi connectivity index (χ1n) is 8.43. The second kappa shape index (κ2) is 8.78. The molecule has 23 heavy (non-hydrogen) atoms. The second-order valence-corrected chi connectivity index (χ2v) is 8.11. The predicted octanol–water partition coefficient (Wildman–Crippen LogP) is 1.73. The molecule has 0 spiro atoms. The van der Waals surface area contributed by atoms with Crippen LogP contribution in [-0.4, -0.2) is 50.2 Å².